The predicted octanol–water partition coefficient (Wildman–Crippen LogP) is 2.89. The van der Waals surface area contributed by atoms with Crippen molar-refractivity contribution in [2.75, 3.05) is 13.1 Å². The zero-order valence-electron chi connectivity index (χ0n) is 14.6. The van der Waals surface area contributed by atoms with Crippen LogP contribution in [0.15, 0.2) is 79.1 Å². The van der Waals surface area contributed by atoms with Crippen molar-refractivity contribution in [2.24, 2.45) is 0 Å². The molecule has 2 aliphatic rings. The Balaban J connectivity index is 1.77. The molecule has 0 bridgehead atoms. The van der Waals surface area contributed by atoms with Gasteiger partial charge in [-0.25, -0.2) is 0 Å². The third-order valence-electron chi connectivity index (χ3n) is 5.44. The molecule has 3 aromatic rings. The van der Waals surface area contributed by atoms with Crippen molar-refractivity contribution in [1.29, 1.82) is 0 Å². The maximum atomic E-state index is 13.4. The van der Waals surface area contributed by atoms with Crippen molar-refractivity contribution in [3.63, 3.8) is 0 Å². The van der Waals surface area contributed by atoms with E-state index in [1.54, 1.807) is 24.5 Å². The molecule has 0 aliphatic carbocycles. The smallest absolute Gasteiger partial charge is 0.257 e. The van der Waals surface area contributed by atoms with Crippen LogP contribution in [0, 0.1) is 0 Å². The van der Waals surface area contributed by atoms with Gasteiger partial charge in [0, 0.05) is 42.2 Å². The number of nitrogens with zero attached hydrogens (tertiary/aromatic N) is 3. The van der Waals surface area contributed by atoms with Crippen molar-refractivity contribution >= 4 is 11.8 Å². The molecule has 1 aromatic heterocycles. The van der Waals surface area contributed by atoms with Gasteiger partial charge in [0.05, 0.1) is 5.56 Å². The van der Waals surface area contributed by atoms with Crippen LogP contribution in [0.3, 0.4) is 0 Å². The summed E-state index contributed by atoms with van der Waals surface area (Å²) in [5.41, 5.74) is 2.03. The molecule has 1 saturated heterocycles. The summed E-state index contributed by atoms with van der Waals surface area (Å²) in [6.07, 6.45) is 3.22. The first-order valence-corrected chi connectivity index (χ1v) is 8.93. The minimum Gasteiger partial charge on any atom is -0.306 e. The molecule has 5 rings (SSSR count). The standard InChI is InChI=1S/C22H17N3O2/c26-20(16-7-6-12-23-15-16)24-13-14-25-21(27)18-10-4-5-11-19(18)22(24,25)17-8-2-1-3-9-17/h1-12,15H,13-14H2. The molecule has 5 heteroatoms. The average Bonchev–Trinajstić information content (AvgIpc) is 3.25. The molecule has 2 aliphatic heterocycles. The van der Waals surface area contributed by atoms with Crippen LogP contribution in [-0.4, -0.2) is 39.7 Å². The Hall–Kier alpha value is -3.47. The molecule has 0 N–H and O–H groups in total. The van der Waals surface area contributed by atoms with Gasteiger partial charge in [-0.05, 0) is 18.2 Å². The third kappa shape index (κ3) is 2.02. The summed E-state index contributed by atoms with van der Waals surface area (Å²) in [6, 6.07) is 20.9. The molecule has 2 aromatic carbocycles. The minimum absolute atomic E-state index is 0.0315. The van der Waals surface area contributed by atoms with Gasteiger partial charge in [-0.1, -0.05) is 48.5 Å². The van der Waals surface area contributed by atoms with E-state index in [4.69, 9.17) is 0 Å². The summed E-state index contributed by atoms with van der Waals surface area (Å²) in [5, 5.41) is 0. The van der Waals surface area contributed by atoms with Crippen LogP contribution in [0.1, 0.15) is 31.8 Å². The van der Waals surface area contributed by atoms with Crippen LogP contribution in [0.2, 0.25) is 0 Å². The lowest BCUT2D eigenvalue weighted by molar-refractivity contribution is 0.0375. The normalized spacial score (nSPS) is 20.5. The van der Waals surface area contributed by atoms with E-state index in [9.17, 15) is 9.59 Å². The van der Waals surface area contributed by atoms with Gasteiger partial charge in [0.2, 0.25) is 0 Å². The second-order valence-corrected chi connectivity index (χ2v) is 6.74. The van der Waals surface area contributed by atoms with Crippen molar-refractivity contribution in [2.45, 2.75) is 5.66 Å². The van der Waals surface area contributed by atoms with Crippen molar-refractivity contribution in [3.8, 4) is 0 Å². The molecule has 132 valence electrons. The molecule has 27 heavy (non-hydrogen) atoms. The van der Waals surface area contributed by atoms with Gasteiger partial charge in [-0.15, -0.1) is 0 Å². The number of pyridine rings is 1. The van der Waals surface area contributed by atoms with Crippen molar-refractivity contribution in [3.05, 3.63) is 101 Å². The second kappa shape index (κ2) is 5.77. The van der Waals surface area contributed by atoms with Crippen LogP contribution in [-0.2, 0) is 5.66 Å². The summed E-state index contributed by atoms with van der Waals surface area (Å²) < 4.78 is 0. The SMILES string of the molecule is O=C(c1cccnc1)N1CCN2C(=O)c3ccccc3C12c1ccccc1. The third-order valence-corrected chi connectivity index (χ3v) is 5.44. The van der Waals surface area contributed by atoms with Crippen molar-refractivity contribution < 1.29 is 9.59 Å². The van der Waals surface area contributed by atoms with Crippen LogP contribution < -0.4 is 0 Å². The fourth-order valence-electron chi connectivity index (χ4n) is 4.36. The molecule has 1 fully saturated rings. The van der Waals surface area contributed by atoms with Crippen LogP contribution in [0.5, 0.6) is 0 Å². The topological polar surface area (TPSA) is 53.5 Å². The van der Waals surface area contributed by atoms with E-state index in [2.05, 4.69) is 4.98 Å². The monoisotopic (exact) mass is 355 g/mol. The van der Waals surface area contributed by atoms with Gasteiger partial charge < -0.3 is 9.80 Å². The molecule has 5 nitrogen and oxygen atoms in total. The fourth-order valence-corrected chi connectivity index (χ4v) is 4.36. The number of hydrogen-bond acceptors (Lipinski definition) is 3. The molecule has 1 unspecified atom stereocenters. The van der Waals surface area contributed by atoms with E-state index in [1.807, 2.05) is 64.4 Å². The Morgan fingerprint density at radius 3 is 2.48 bits per heavy atom. The molecule has 1 atom stereocenters. The van der Waals surface area contributed by atoms with Crippen molar-refractivity contribution in [1.82, 2.24) is 14.8 Å². The van der Waals surface area contributed by atoms with Gasteiger partial charge in [0.15, 0.2) is 5.66 Å². The molecule has 0 radical (unpaired) electrons. The molecular formula is C22H17N3O2. The summed E-state index contributed by atoms with van der Waals surface area (Å²) in [7, 11) is 0. The number of benzene rings is 2. The van der Waals surface area contributed by atoms with E-state index in [0.717, 1.165) is 11.1 Å². The number of aromatic nitrogens is 1. The maximum absolute atomic E-state index is 13.4. The first-order chi connectivity index (χ1) is 13.2. The Kier molecular flexibility index (Phi) is 3.37. The quantitative estimate of drug-likeness (QED) is 0.710. The highest BCUT2D eigenvalue weighted by atomic mass is 16.2. The Morgan fingerprint density at radius 2 is 1.70 bits per heavy atom. The minimum atomic E-state index is -0.915. The van der Waals surface area contributed by atoms with E-state index in [0.29, 0.717) is 24.2 Å². The van der Waals surface area contributed by atoms with Gasteiger partial charge in [0.1, 0.15) is 0 Å². The molecule has 3 heterocycles. The molecule has 0 spiro atoms. The predicted molar refractivity (Wildman–Crippen MR) is 100.0 cm³/mol. The Bertz CT molecular complexity index is 1040. The summed E-state index contributed by atoms with van der Waals surface area (Å²) >= 11 is 0. The number of carbonyl (C=O) groups is 2. The highest BCUT2D eigenvalue weighted by molar-refractivity contribution is 6.03. The highest BCUT2D eigenvalue weighted by Crippen LogP contribution is 2.49. The zero-order chi connectivity index (χ0) is 18.4. The van der Waals surface area contributed by atoms with E-state index >= 15 is 0 Å². The molecule has 0 saturated carbocycles. The lowest BCUT2D eigenvalue weighted by Crippen LogP contribution is -2.51. The first kappa shape index (κ1) is 15.8. The van der Waals surface area contributed by atoms with E-state index < -0.39 is 5.66 Å². The Morgan fingerprint density at radius 1 is 0.926 bits per heavy atom. The lowest BCUT2D eigenvalue weighted by atomic mass is 9.89. The zero-order valence-corrected chi connectivity index (χ0v) is 14.6. The second-order valence-electron chi connectivity index (χ2n) is 6.74. The molecular weight excluding hydrogens is 338 g/mol. The number of fused-ring (bicyclic) bond motifs is 3. The van der Waals surface area contributed by atoms with E-state index in [1.165, 1.54) is 0 Å². The Labute approximate surface area is 156 Å². The molecule has 2 amide bonds. The van der Waals surface area contributed by atoms with Gasteiger partial charge in [-0.2, -0.15) is 0 Å². The maximum Gasteiger partial charge on any atom is 0.257 e. The van der Waals surface area contributed by atoms with Crippen LogP contribution in [0.25, 0.3) is 0 Å². The number of rotatable bonds is 2. The number of amides is 2. The van der Waals surface area contributed by atoms with Crippen LogP contribution >= 0.6 is 0 Å². The van der Waals surface area contributed by atoms with E-state index in [-0.39, 0.29) is 11.8 Å². The average molecular weight is 355 g/mol. The number of hydrogen-bond donors (Lipinski definition) is 0. The summed E-state index contributed by atoms with van der Waals surface area (Å²) in [5.74, 6) is -0.158. The summed E-state index contributed by atoms with van der Waals surface area (Å²) in [4.78, 5) is 34.3. The highest BCUT2D eigenvalue weighted by Gasteiger charge is 2.59. The van der Waals surface area contributed by atoms with Gasteiger partial charge >= 0.3 is 0 Å². The van der Waals surface area contributed by atoms with Crippen LogP contribution in [0.4, 0.5) is 0 Å². The first-order valence-electron chi connectivity index (χ1n) is 8.93. The number of carbonyl (C=O) groups excluding carboxylic acids is 2. The van der Waals surface area contributed by atoms with Gasteiger partial charge in [0.25, 0.3) is 11.8 Å². The fraction of sp³-hybridized carbons (Fsp3) is 0.136. The van der Waals surface area contributed by atoms with Gasteiger partial charge in [-0.3, -0.25) is 14.6 Å². The lowest BCUT2D eigenvalue weighted by Gasteiger charge is -2.40. The largest absolute Gasteiger partial charge is 0.306 e. The summed E-state index contributed by atoms with van der Waals surface area (Å²) in [6.45, 7) is 0.969.